The first-order valence-electron chi connectivity index (χ1n) is 10.1. The predicted octanol–water partition coefficient (Wildman–Crippen LogP) is 4.90. The summed E-state index contributed by atoms with van der Waals surface area (Å²) in [5, 5.41) is 12.1. The lowest BCUT2D eigenvalue weighted by Crippen LogP contribution is -2.24. The summed E-state index contributed by atoms with van der Waals surface area (Å²) in [6, 6.07) is 19.1. The summed E-state index contributed by atoms with van der Waals surface area (Å²) in [5.74, 6) is -1.85. The molecule has 2 aromatic carbocycles. The van der Waals surface area contributed by atoms with Gasteiger partial charge < -0.3 is 5.11 Å². The number of fused-ring (bicyclic) bond motifs is 3. The fourth-order valence-electron chi connectivity index (χ4n) is 3.69. The summed E-state index contributed by atoms with van der Waals surface area (Å²) in [5.41, 5.74) is 6.30. The van der Waals surface area contributed by atoms with Crippen molar-refractivity contribution in [1.29, 1.82) is 0 Å². The molecule has 162 valence electrons. The zero-order chi connectivity index (χ0) is 22.0. The fourth-order valence-corrected chi connectivity index (χ4v) is 3.69. The van der Waals surface area contributed by atoms with Gasteiger partial charge in [-0.3, -0.25) is 4.90 Å². The minimum absolute atomic E-state index is 0.905. The number of hydrogen-bond donors (Lipinski definition) is 1. The lowest BCUT2D eigenvalue weighted by molar-refractivity contribution is -0.192. The van der Waals surface area contributed by atoms with Gasteiger partial charge in [-0.05, 0) is 36.5 Å². The predicted molar refractivity (Wildman–Crippen MR) is 110 cm³/mol. The average Bonchev–Trinajstić information content (AvgIpc) is 3.48. The molecular weight excluding hydrogens is 407 g/mol. The van der Waals surface area contributed by atoms with Crippen LogP contribution in [0.1, 0.15) is 24.0 Å². The van der Waals surface area contributed by atoms with Crippen LogP contribution in [-0.2, 0) is 17.9 Å². The van der Waals surface area contributed by atoms with Crippen molar-refractivity contribution < 1.29 is 23.1 Å². The Bertz CT molecular complexity index is 1060. The molecule has 0 unspecified atom stereocenters. The Kier molecular flexibility index (Phi) is 5.82. The second-order valence-corrected chi connectivity index (χ2v) is 7.86. The quantitative estimate of drug-likeness (QED) is 0.644. The van der Waals surface area contributed by atoms with Crippen LogP contribution in [0, 0.1) is 5.92 Å². The number of benzene rings is 2. The second-order valence-electron chi connectivity index (χ2n) is 7.86. The summed E-state index contributed by atoms with van der Waals surface area (Å²) in [6.45, 7) is 3.24. The molecule has 0 atom stereocenters. The first-order chi connectivity index (χ1) is 14.8. The van der Waals surface area contributed by atoms with E-state index in [1.165, 1.54) is 36.1 Å². The number of aliphatic carboxylic acids is 1. The van der Waals surface area contributed by atoms with E-state index < -0.39 is 12.1 Å². The van der Waals surface area contributed by atoms with Crippen molar-refractivity contribution in [2.45, 2.75) is 32.1 Å². The number of halogens is 3. The van der Waals surface area contributed by atoms with Gasteiger partial charge >= 0.3 is 12.1 Å². The molecule has 31 heavy (non-hydrogen) atoms. The van der Waals surface area contributed by atoms with Crippen molar-refractivity contribution in [2.75, 3.05) is 6.54 Å². The third-order valence-corrected chi connectivity index (χ3v) is 5.33. The van der Waals surface area contributed by atoms with Crippen molar-refractivity contribution in [3.63, 3.8) is 0 Å². The molecule has 0 amide bonds. The number of hydrogen-bond acceptors (Lipinski definition) is 3. The van der Waals surface area contributed by atoms with E-state index >= 15 is 0 Å². The maximum atomic E-state index is 10.6. The number of nitrogens with zero attached hydrogens (tertiary/aromatic N) is 3. The standard InChI is InChI=1S/C21H21N3.C2HF3O2/c1-2-7-19(8-3-1)24-15-18-14-23(12-16-10-11-16)13-17-6-4-5-9-20(17)21(18)22-24;3-2(4,5)1(6)7/h1-9,15-16H,10-14H2;(H,6,7). The largest absolute Gasteiger partial charge is 0.490 e. The summed E-state index contributed by atoms with van der Waals surface area (Å²) < 4.78 is 33.8. The lowest BCUT2D eigenvalue weighted by Gasteiger charge is -2.20. The smallest absolute Gasteiger partial charge is 0.475 e. The first kappa shape index (κ1) is 21.1. The van der Waals surface area contributed by atoms with Crippen molar-refractivity contribution in [3.05, 3.63) is 71.9 Å². The maximum Gasteiger partial charge on any atom is 0.490 e. The van der Waals surface area contributed by atoms with Gasteiger partial charge in [0.05, 0.1) is 11.4 Å². The molecule has 3 aromatic rings. The number of aromatic nitrogens is 2. The van der Waals surface area contributed by atoms with Gasteiger partial charge in [0, 0.05) is 37.0 Å². The zero-order valence-electron chi connectivity index (χ0n) is 16.7. The second kappa shape index (κ2) is 8.55. The van der Waals surface area contributed by atoms with Gasteiger partial charge in [-0.1, -0.05) is 42.5 Å². The molecule has 1 N–H and O–H groups in total. The van der Waals surface area contributed by atoms with Crippen LogP contribution in [0.4, 0.5) is 13.2 Å². The van der Waals surface area contributed by atoms with E-state index in [1.807, 2.05) is 10.7 Å². The Morgan fingerprint density at radius 3 is 2.26 bits per heavy atom. The molecule has 0 bridgehead atoms. The Balaban J connectivity index is 0.000000289. The van der Waals surface area contributed by atoms with Gasteiger partial charge in [-0.2, -0.15) is 18.3 Å². The van der Waals surface area contributed by atoms with E-state index in [9.17, 15) is 13.2 Å². The van der Waals surface area contributed by atoms with Crippen molar-refractivity contribution in [3.8, 4) is 16.9 Å². The van der Waals surface area contributed by atoms with E-state index in [4.69, 9.17) is 15.0 Å². The van der Waals surface area contributed by atoms with Gasteiger partial charge in [0.2, 0.25) is 0 Å². The highest BCUT2D eigenvalue weighted by molar-refractivity contribution is 5.73. The Labute approximate surface area is 177 Å². The highest BCUT2D eigenvalue weighted by Gasteiger charge is 2.38. The summed E-state index contributed by atoms with van der Waals surface area (Å²) in [6.07, 6.45) is -0.0742. The molecule has 2 heterocycles. The van der Waals surface area contributed by atoms with E-state index in [2.05, 4.69) is 59.6 Å². The molecule has 8 heteroatoms. The molecule has 0 saturated heterocycles. The van der Waals surface area contributed by atoms with E-state index in [0.717, 1.165) is 30.4 Å². The fraction of sp³-hybridized carbons (Fsp3) is 0.304. The highest BCUT2D eigenvalue weighted by atomic mass is 19.4. The number of para-hydroxylation sites is 1. The van der Waals surface area contributed by atoms with Crippen molar-refractivity contribution in [1.82, 2.24) is 14.7 Å². The third-order valence-electron chi connectivity index (χ3n) is 5.33. The van der Waals surface area contributed by atoms with Crippen LogP contribution in [-0.4, -0.2) is 38.5 Å². The molecule has 2 aliphatic rings. The molecule has 0 spiro atoms. The van der Waals surface area contributed by atoms with Crippen LogP contribution in [0.15, 0.2) is 60.8 Å². The first-order valence-corrected chi connectivity index (χ1v) is 10.1. The highest BCUT2D eigenvalue weighted by Crippen LogP contribution is 2.35. The van der Waals surface area contributed by atoms with E-state index in [0.29, 0.717) is 0 Å². The van der Waals surface area contributed by atoms with Gasteiger partial charge in [0.15, 0.2) is 0 Å². The van der Waals surface area contributed by atoms with Gasteiger partial charge in [-0.15, -0.1) is 0 Å². The molecule has 1 saturated carbocycles. The molecule has 0 radical (unpaired) electrons. The molecule has 1 aliphatic heterocycles. The Hall–Kier alpha value is -3.13. The monoisotopic (exact) mass is 429 g/mol. The van der Waals surface area contributed by atoms with Crippen LogP contribution in [0.3, 0.4) is 0 Å². The zero-order valence-corrected chi connectivity index (χ0v) is 16.7. The van der Waals surface area contributed by atoms with Crippen LogP contribution >= 0.6 is 0 Å². The summed E-state index contributed by atoms with van der Waals surface area (Å²) in [4.78, 5) is 11.5. The van der Waals surface area contributed by atoms with Crippen LogP contribution < -0.4 is 0 Å². The van der Waals surface area contributed by atoms with Gasteiger partial charge in [0.1, 0.15) is 0 Å². The van der Waals surface area contributed by atoms with Gasteiger partial charge in [0.25, 0.3) is 0 Å². The lowest BCUT2D eigenvalue weighted by atomic mass is 10.0. The SMILES string of the molecule is O=C(O)C(F)(F)F.c1ccc(-n2cc3c(n2)-c2ccccc2CN(CC2CC2)C3)cc1. The molecular formula is C23H22F3N3O2. The van der Waals surface area contributed by atoms with Gasteiger partial charge in [-0.25, -0.2) is 9.48 Å². The van der Waals surface area contributed by atoms with Crippen molar-refractivity contribution in [2.24, 2.45) is 5.92 Å². The minimum Gasteiger partial charge on any atom is -0.475 e. The average molecular weight is 429 g/mol. The number of carboxylic acids is 1. The number of carboxylic acid groups (broad SMARTS) is 1. The Morgan fingerprint density at radius 2 is 1.61 bits per heavy atom. The third kappa shape index (κ3) is 5.14. The number of rotatable bonds is 3. The normalized spacial score (nSPS) is 15.8. The van der Waals surface area contributed by atoms with E-state index in [1.54, 1.807) is 0 Å². The Morgan fingerprint density at radius 1 is 1.00 bits per heavy atom. The number of alkyl halides is 3. The minimum atomic E-state index is -5.08. The van der Waals surface area contributed by atoms with Crippen LogP contribution in [0.2, 0.25) is 0 Å². The molecule has 1 fully saturated rings. The topological polar surface area (TPSA) is 58.4 Å². The van der Waals surface area contributed by atoms with E-state index in [-0.39, 0.29) is 0 Å². The van der Waals surface area contributed by atoms with Crippen LogP contribution in [0.5, 0.6) is 0 Å². The number of carbonyl (C=O) groups is 1. The maximum absolute atomic E-state index is 10.6. The summed E-state index contributed by atoms with van der Waals surface area (Å²) >= 11 is 0. The summed E-state index contributed by atoms with van der Waals surface area (Å²) in [7, 11) is 0. The molecule has 5 nitrogen and oxygen atoms in total. The molecule has 1 aromatic heterocycles. The molecule has 5 rings (SSSR count). The van der Waals surface area contributed by atoms with Crippen LogP contribution in [0.25, 0.3) is 16.9 Å². The molecule has 1 aliphatic carbocycles. The van der Waals surface area contributed by atoms with Crippen molar-refractivity contribution >= 4 is 5.97 Å².